The fourth-order valence-corrected chi connectivity index (χ4v) is 4.07. The van der Waals surface area contributed by atoms with Gasteiger partial charge in [0.25, 0.3) is 0 Å². The average Bonchev–Trinajstić information content (AvgIpc) is 3.08. The molecule has 1 N–H and O–H groups in total. The average molecular weight is 318 g/mol. The van der Waals surface area contributed by atoms with Crippen molar-refractivity contribution in [3.8, 4) is 0 Å². The van der Waals surface area contributed by atoms with Crippen molar-refractivity contribution in [2.24, 2.45) is 5.92 Å². The molecule has 128 valence electrons. The van der Waals surface area contributed by atoms with E-state index in [1.807, 2.05) is 12.1 Å². The van der Waals surface area contributed by atoms with E-state index in [1.54, 1.807) is 6.26 Å². The highest BCUT2D eigenvalue weighted by Crippen LogP contribution is 2.25. The Balaban J connectivity index is 1.38. The highest BCUT2D eigenvalue weighted by Gasteiger charge is 2.24. The van der Waals surface area contributed by atoms with Crippen LogP contribution in [-0.4, -0.2) is 36.5 Å². The van der Waals surface area contributed by atoms with Crippen LogP contribution in [0.2, 0.25) is 0 Å². The van der Waals surface area contributed by atoms with Crippen LogP contribution in [0.1, 0.15) is 57.1 Å². The minimum atomic E-state index is 0.158. The molecule has 2 fully saturated rings. The number of amides is 1. The van der Waals surface area contributed by atoms with Gasteiger partial charge in [0.1, 0.15) is 5.76 Å². The molecule has 3 rings (SSSR count). The van der Waals surface area contributed by atoms with Crippen LogP contribution in [0.4, 0.5) is 0 Å². The molecule has 0 spiro atoms. The summed E-state index contributed by atoms with van der Waals surface area (Å²) in [6.45, 7) is 3.47. The van der Waals surface area contributed by atoms with Gasteiger partial charge in [0, 0.05) is 32.0 Å². The molecule has 23 heavy (non-hydrogen) atoms. The number of aryl methyl sites for hydroxylation is 1. The maximum absolute atomic E-state index is 12.1. The Hall–Kier alpha value is -1.29. The van der Waals surface area contributed by atoms with Gasteiger partial charge in [-0.25, -0.2) is 0 Å². The lowest BCUT2D eigenvalue weighted by molar-refractivity contribution is -0.122. The number of furan rings is 1. The van der Waals surface area contributed by atoms with Crippen molar-refractivity contribution in [3.63, 3.8) is 0 Å². The Morgan fingerprint density at radius 3 is 2.87 bits per heavy atom. The number of carbonyl (C=O) groups excluding carboxylic acids is 1. The predicted molar refractivity (Wildman–Crippen MR) is 91.2 cm³/mol. The van der Waals surface area contributed by atoms with Crippen molar-refractivity contribution < 1.29 is 9.21 Å². The number of hydrogen-bond donors (Lipinski definition) is 1. The summed E-state index contributed by atoms with van der Waals surface area (Å²) in [5.74, 6) is 1.94. The normalized spacial score (nSPS) is 23.7. The van der Waals surface area contributed by atoms with E-state index in [4.69, 9.17) is 4.42 Å². The maximum Gasteiger partial charge on any atom is 0.220 e. The van der Waals surface area contributed by atoms with Gasteiger partial charge in [-0.2, -0.15) is 0 Å². The Morgan fingerprint density at radius 1 is 1.22 bits per heavy atom. The third kappa shape index (κ3) is 5.38. The van der Waals surface area contributed by atoms with Gasteiger partial charge in [0.15, 0.2) is 0 Å². The molecule has 1 aromatic rings. The first-order chi connectivity index (χ1) is 11.3. The second kappa shape index (κ2) is 8.53. The third-order valence-corrected chi connectivity index (χ3v) is 5.29. The third-order valence-electron chi connectivity index (χ3n) is 5.29. The summed E-state index contributed by atoms with van der Waals surface area (Å²) >= 11 is 0. The van der Waals surface area contributed by atoms with Crippen molar-refractivity contribution in [2.45, 2.75) is 63.8 Å². The first kappa shape index (κ1) is 16.6. The van der Waals surface area contributed by atoms with Crippen LogP contribution in [0.3, 0.4) is 0 Å². The molecule has 0 radical (unpaired) electrons. The van der Waals surface area contributed by atoms with E-state index in [1.165, 1.54) is 51.6 Å². The fraction of sp³-hybridized carbons (Fsp3) is 0.737. The minimum absolute atomic E-state index is 0.158. The van der Waals surface area contributed by atoms with E-state index in [2.05, 4.69) is 10.2 Å². The van der Waals surface area contributed by atoms with Gasteiger partial charge in [0.05, 0.1) is 6.26 Å². The van der Waals surface area contributed by atoms with Crippen LogP contribution >= 0.6 is 0 Å². The second-order valence-corrected chi connectivity index (χ2v) is 7.25. The largest absolute Gasteiger partial charge is 0.469 e. The van der Waals surface area contributed by atoms with Crippen molar-refractivity contribution in [2.75, 3.05) is 19.6 Å². The lowest BCUT2D eigenvalue weighted by Crippen LogP contribution is -2.49. The number of nitrogens with zero attached hydrogens (tertiary/aromatic N) is 1. The zero-order valence-corrected chi connectivity index (χ0v) is 14.1. The summed E-state index contributed by atoms with van der Waals surface area (Å²) in [4.78, 5) is 14.7. The summed E-state index contributed by atoms with van der Waals surface area (Å²) in [6.07, 6.45) is 12.2. The molecule has 4 nitrogen and oxygen atoms in total. The molecular weight excluding hydrogens is 288 g/mol. The summed E-state index contributed by atoms with van der Waals surface area (Å²) in [7, 11) is 0. The van der Waals surface area contributed by atoms with Crippen LogP contribution in [0.25, 0.3) is 0 Å². The number of piperidine rings is 1. The molecule has 1 aliphatic carbocycles. The molecule has 0 aromatic carbocycles. The summed E-state index contributed by atoms with van der Waals surface area (Å²) in [5, 5.41) is 3.23. The van der Waals surface area contributed by atoms with Crippen LogP contribution in [0.5, 0.6) is 0 Å². The lowest BCUT2D eigenvalue weighted by Gasteiger charge is -2.36. The van der Waals surface area contributed by atoms with Gasteiger partial charge in [-0.1, -0.05) is 19.3 Å². The minimum Gasteiger partial charge on any atom is -0.469 e. The molecule has 0 unspecified atom stereocenters. The SMILES string of the molecule is O=C(CCc1ccco1)N[C@@H]1CCCN(CC2CCCCC2)C1. The van der Waals surface area contributed by atoms with Gasteiger partial charge in [0.2, 0.25) is 5.91 Å². The van der Waals surface area contributed by atoms with Crippen LogP contribution < -0.4 is 5.32 Å². The Labute approximate surface area is 139 Å². The first-order valence-electron chi connectivity index (χ1n) is 9.33. The van der Waals surface area contributed by atoms with Gasteiger partial charge >= 0.3 is 0 Å². The van der Waals surface area contributed by atoms with E-state index >= 15 is 0 Å². The molecule has 1 aromatic heterocycles. The predicted octanol–water partition coefficient (Wildman–Crippen LogP) is 3.37. The lowest BCUT2D eigenvalue weighted by atomic mass is 9.88. The molecular formula is C19H30N2O2. The van der Waals surface area contributed by atoms with E-state index in [-0.39, 0.29) is 5.91 Å². The van der Waals surface area contributed by atoms with Crippen molar-refractivity contribution in [1.82, 2.24) is 10.2 Å². The molecule has 1 amide bonds. The van der Waals surface area contributed by atoms with Crippen LogP contribution in [0.15, 0.2) is 22.8 Å². The van der Waals surface area contributed by atoms with E-state index in [0.29, 0.717) is 18.9 Å². The Kier molecular flexibility index (Phi) is 6.14. The molecule has 1 saturated heterocycles. The highest BCUT2D eigenvalue weighted by atomic mass is 16.3. The first-order valence-corrected chi connectivity index (χ1v) is 9.33. The van der Waals surface area contributed by atoms with Crippen molar-refractivity contribution >= 4 is 5.91 Å². The van der Waals surface area contributed by atoms with Crippen molar-refractivity contribution in [3.05, 3.63) is 24.2 Å². The smallest absolute Gasteiger partial charge is 0.220 e. The zero-order valence-electron chi connectivity index (χ0n) is 14.1. The number of likely N-dealkylation sites (tertiary alicyclic amines) is 1. The van der Waals surface area contributed by atoms with Gasteiger partial charge in [-0.05, 0) is 50.3 Å². The monoisotopic (exact) mass is 318 g/mol. The Morgan fingerprint density at radius 2 is 2.09 bits per heavy atom. The molecule has 0 bridgehead atoms. The molecule has 1 aliphatic heterocycles. The van der Waals surface area contributed by atoms with E-state index in [0.717, 1.165) is 24.6 Å². The maximum atomic E-state index is 12.1. The zero-order chi connectivity index (χ0) is 15.9. The summed E-state index contributed by atoms with van der Waals surface area (Å²) in [6, 6.07) is 4.13. The summed E-state index contributed by atoms with van der Waals surface area (Å²) < 4.78 is 5.29. The van der Waals surface area contributed by atoms with Crippen LogP contribution in [-0.2, 0) is 11.2 Å². The summed E-state index contributed by atoms with van der Waals surface area (Å²) in [5.41, 5.74) is 0. The molecule has 2 heterocycles. The second-order valence-electron chi connectivity index (χ2n) is 7.25. The van der Waals surface area contributed by atoms with Gasteiger partial charge in [-0.15, -0.1) is 0 Å². The van der Waals surface area contributed by atoms with Crippen LogP contribution in [0, 0.1) is 5.92 Å². The van der Waals surface area contributed by atoms with Crippen molar-refractivity contribution in [1.29, 1.82) is 0 Å². The number of nitrogens with one attached hydrogen (secondary N) is 1. The quantitative estimate of drug-likeness (QED) is 0.874. The number of hydrogen-bond acceptors (Lipinski definition) is 3. The fourth-order valence-electron chi connectivity index (χ4n) is 4.07. The van der Waals surface area contributed by atoms with Gasteiger partial charge < -0.3 is 14.6 Å². The molecule has 1 atom stereocenters. The molecule has 4 heteroatoms. The Bertz CT molecular complexity index is 466. The van der Waals surface area contributed by atoms with E-state index < -0.39 is 0 Å². The standard InChI is InChI=1S/C19H30N2O2/c22-19(11-10-18-9-5-13-23-18)20-17-8-4-12-21(15-17)14-16-6-2-1-3-7-16/h5,9,13,16-17H,1-4,6-8,10-12,14-15H2,(H,20,22)/t17-/m1/s1. The molecule has 1 saturated carbocycles. The topological polar surface area (TPSA) is 45.5 Å². The molecule has 2 aliphatic rings. The highest BCUT2D eigenvalue weighted by molar-refractivity contribution is 5.76. The van der Waals surface area contributed by atoms with Gasteiger partial charge in [-0.3, -0.25) is 4.79 Å². The number of carbonyl (C=O) groups is 1. The number of rotatable bonds is 6. The van der Waals surface area contributed by atoms with E-state index in [9.17, 15) is 4.79 Å².